The van der Waals surface area contributed by atoms with Gasteiger partial charge in [0, 0.05) is 23.4 Å². The molecule has 4 rings (SSSR count). The van der Waals surface area contributed by atoms with Crippen LogP contribution >= 0.6 is 11.3 Å². The van der Waals surface area contributed by atoms with E-state index in [1.54, 1.807) is 56.1 Å². The van der Waals surface area contributed by atoms with E-state index in [1.807, 2.05) is 6.07 Å². The van der Waals surface area contributed by atoms with Crippen LogP contribution in [0.4, 0.5) is 5.13 Å². The number of imidazole rings is 1. The van der Waals surface area contributed by atoms with Gasteiger partial charge in [-0.15, -0.1) is 11.3 Å². The molecule has 11 heteroatoms. The molecule has 0 saturated carbocycles. The number of fused-ring (bicyclic) bond motifs is 1. The molecule has 0 radical (unpaired) electrons. The number of aromatic nitrogens is 3. The Morgan fingerprint density at radius 2 is 1.87 bits per heavy atom. The largest absolute Gasteiger partial charge is 0.493 e. The Labute approximate surface area is 182 Å². The molecule has 3 aromatic heterocycles. The zero-order chi connectivity index (χ0) is 22.2. The van der Waals surface area contributed by atoms with E-state index in [9.17, 15) is 13.2 Å². The second-order valence-electron chi connectivity index (χ2n) is 6.53. The fraction of sp³-hybridized carbons (Fsp3) is 0.150. The number of sulfone groups is 1. The van der Waals surface area contributed by atoms with Crippen molar-refractivity contribution in [2.75, 3.05) is 25.8 Å². The van der Waals surface area contributed by atoms with Crippen LogP contribution in [0.25, 0.3) is 16.8 Å². The van der Waals surface area contributed by atoms with Gasteiger partial charge in [-0.05, 0) is 30.3 Å². The first-order valence-corrected chi connectivity index (χ1v) is 11.8. The fourth-order valence-electron chi connectivity index (χ4n) is 3.05. The third kappa shape index (κ3) is 3.97. The normalized spacial score (nSPS) is 11.5. The molecule has 1 aromatic carbocycles. The van der Waals surface area contributed by atoms with Crippen LogP contribution < -0.4 is 14.8 Å². The lowest BCUT2D eigenvalue weighted by atomic mass is 10.1. The van der Waals surface area contributed by atoms with Crippen LogP contribution in [-0.2, 0) is 9.84 Å². The molecule has 4 aromatic rings. The van der Waals surface area contributed by atoms with Crippen molar-refractivity contribution >= 4 is 37.7 Å². The Balaban J connectivity index is 1.64. The average Bonchev–Trinajstić information content (AvgIpc) is 3.38. The molecule has 1 N–H and O–H groups in total. The highest BCUT2D eigenvalue weighted by Gasteiger charge is 2.23. The number of nitrogens with one attached hydrogen (secondary N) is 1. The number of nitrogens with zero attached hydrogens (tertiary/aromatic N) is 3. The Morgan fingerprint density at radius 3 is 2.58 bits per heavy atom. The summed E-state index contributed by atoms with van der Waals surface area (Å²) >= 11 is 1.24. The van der Waals surface area contributed by atoms with Crippen LogP contribution in [-0.4, -0.2) is 49.2 Å². The summed E-state index contributed by atoms with van der Waals surface area (Å²) in [5.74, 6) is 0.617. The number of pyridine rings is 1. The number of hydrogen-bond donors (Lipinski definition) is 1. The molecule has 31 heavy (non-hydrogen) atoms. The molecule has 0 fully saturated rings. The lowest BCUT2D eigenvalue weighted by molar-refractivity contribution is 0.102. The maximum absolute atomic E-state index is 12.8. The summed E-state index contributed by atoms with van der Waals surface area (Å²) < 4.78 is 36.0. The lowest BCUT2D eigenvalue weighted by Gasteiger charge is -2.08. The maximum atomic E-state index is 12.8. The van der Waals surface area contributed by atoms with Gasteiger partial charge in [0.2, 0.25) is 15.0 Å². The third-order valence-electron chi connectivity index (χ3n) is 4.47. The minimum atomic E-state index is -3.62. The first kappa shape index (κ1) is 20.8. The molecular formula is C20H18N4O5S2. The molecule has 0 aliphatic rings. The Morgan fingerprint density at radius 1 is 1.10 bits per heavy atom. The summed E-state index contributed by atoms with van der Waals surface area (Å²) in [6.45, 7) is 0. The average molecular weight is 459 g/mol. The van der Waals surface area contributed by atoms with Gasteiger partial charge in [-0.2, -0.15) is 0 Å². The van der Waals surface area contributed by atoms with Gasteiger partial charge in [0.1, 0.15) is 0 Å². The van der Waals surface area contributed by atoms with Crippen molar-refractivity contribution in [1.82, 2.24) is 14.4 Å². The van der Waals surface area contributed by atoms with Gasteiger partial charge in [-0.25, -0.2) is 18.4 Å². The maximum Gasteiger partial charge on any atom is 0.278 e. The predicted molar refractivity (Wildman–Crippen MR) is 117 cm³/mol. The van der Waals surface area contributed by atoms with E-state index in [1.165, 1.54) is 15.7 Å². The Hall–Kier alpha value is -3.44. The second kappa shape index (κ2) is 8.00. The van der Waals surface area contributed by atoms with Crippen LogP contribution in [0.15, 0.2) is 53.1 Å². The quantitative estimate of drug-likeness (QED) is 0.472. The molecule has 160 valence electrons. The summed E-state index contributed by atoms with van der Waals surface area (Å²) in [5, 5.41) is 4.65. The number of carbonyl (C=O) groups excluding carboxylic acids is 1. The standard InChI is InChI=1S/C20H18N4O5S2/c1-28-15-8-7-12(10-16(15)29-2)13-11-30-19(21-13)23-18(25)17-14-6-4-5-9-24(14)20(22-17)31(3,26)27/h4-11H,1-3H3,(H,21,23,25). The molecule has 0 aliphatic heterocycles. The molecule has 3 heterocycles. The van der Waals surface area contributed by atoms with Crippen LogP contribution in [0.2, 0.25) is 0 Å². The van der Waals surface area contributed by atoms with Crippen molar-refractivity contribution in [3.63, 3.8) is 0 Å². The van der Waals surface area contributed by atoms with E-state index in [4.69, 9.17) is 9.47 Å². The van der Waals surface area contributed by atoms with Gasteiger partial charge in [0.05, 0.1) is 25.4 Å². The number of carbonyl (C=O) groups is 1. The SMILES string of the molecule is COc1ccc(-c2csc(NC(=O)c3nc(S(C)(=O)=O)n4ccccc34)n2)cc1OC. The fourth-order valence-corrected chi connectivity index (χ4v) is 4.54. The van der Waals surface area contributed by atoms with Crippen LogP contribution in [0.5, 0.6) is 11.5 Å². The smallest absolute Gasteiger partial charge is 0.278 e. The number of benzene rings is 1. The zero-order valence-corrected chi connectivity index (χ0v) is 18.5. The van der Waals surface area contributed by atoms with Crippen molar-refractivity contribution in [3.8, 4) is 22.8 Å². The third-order valence-corrected chi connectivity index (χ3v) is 6.18. The Bertz CT molecular complexity index is 1390. The van der Waals surface area contributed by atoms with Crippen LogP contribution in [0, 0.1) is 0 Å². The number of methoxy groups -OCH3 is 2. The highest BCUT2D eigenvalue weighted by Crippen LogP contribution is 2.33. The number of rotatable bonds is 6. The number of amides is 1. The number of ether oxygens (including phenoxy) is 2. The summed E-state index contributed by atoms with van der Waals surface area (Å²) in [4.78, 5) is 21.4. The molecule has 0 unspecified atom stereocenters. The van der Waals surface area contributed by atoms with Crippen LogP contribution in [0.1, 0.15) is 10.5 Å². The zero-order valence-electron chi connectivity index (χ0n) is 16.8. The minimum Gasteiger partial charge on any atom is -0.493 e. The first-order chi connectivity index (χ1) is 14.8. The van der Waals surface area contributed by atoms with Crippen molar-refractivity contribution in [2.24, 2.45) is 0 Å². The molecule has 9 nitrogen and oxygen atoms in total. The van der Waals surface area contributed by atoms with Gasteiger partial charge in [0.15, 0.2) is 22.3 Å². The summed E-state index contributed by atoms with van der Waals surface area (Å²) in [6.07, 6.45) is 2.60. The molecule has 0 saturated heterocycles. The second-order valence-corrected chi connectivity index (χ2v) is 9.30. The lowest BCUT2D eigenvalue weighted by Crippen LogP contribution is -2.13. The van der Waals surface area contributed by atoms with Crippen molar-refractivity contribution < 1.29 is 22.7 Å². The van der Waals surface area contributed by atoms with Gasteiger partial charge in [-0.3, -0.25) is 14.5 Å². The predicted octanol–water partition coefficient (Wildman–Crippen LogP) is 3.13. The van der Waals surface area contributed by atoms with E-state index in [-0.39, 0.29) is 10.9 Å². The van der Waals surface area contributed by atoms with E-state index in [0.29, 0.717) is 27.8 Å². The highest BCUT2D eigenvalue weighted by atomic mass is 32.2. The van der Waals surface area contributed by atoms with E-state index in [0.717, 1.165) is 11.8 Å². The molecule has 0 atom stereocenters. The number of anilines is 1. The van der Waals surface area contributed by atoms with E-state index >= 15 is 0 Å². The summed E-state index contributed by atoms with van der Waals surface area (Å²) in [5.41, 5.74) is 1.83. The van der Waals surface area contributed by atoms with Gasteiger partial charge in [0.25, 0.3) is 5.91 Å². The Kier molecular flexibility index (Phi) is 5.38. The van der Waals surface area contributed by atoms with E-state index < -0.39 is 15.7 Å². The molecule has 0 aliphatic carbocycles. The molecule has 1 amide bonds. The van der Waals surface area contributed by atoms with Gasteiger partial charge >= 0.3 is 0 Å². The summed E-state index contributed by atoms with van der Waals surface area (Å²) in [6, 6.07) is 10.4. The van der Waals surface area contributed by atoms with Crippen molar-refractivity contribution in [1.29, 1.82) is 0 Å². The van der Waals surface area contributed by atoms with E-state index in [2.05, 4.69) is 15.3 Å². The van der Waals surface area contributed by atoms with Crippen LogP contribution in [0.3, 0.4) is 0 Å². The molecular weight excluding hydrogens is 440 g/mol. The number of thiazole rings is 1. The van der Waals surface area contributed by atoms with Crippen molar-refractivity contribution in [3.05, 3.63) is 53.7 Å². The van der Waals surface area contributed by atoms with Gasteiger partial charge in [-0.1, -0.05) is 6.07 Å². The summed E-state index contributed by atoms with van der Waals surface area (Å²) in [7, 11) is -0.514. The topological polar surface area (TPSA) is 112 Å². The first-order valence-electron chi connectivity index (χ1n) is 8.98. The van der Waals surface area contributed by atoms with Crippen molar-refractivity contribution in [2.45, 2.75) is 5.16 Å². The number of hydrogen-bond acceptors (Lipinski definition) is 8. The van der Waals surface area contributed by atoms with Gasteiger partial charge < -0.3 is 9.47 Å². The minimum absolute atomic E-state index is 0.00360. The molecule has 0 spiro atoms. The highest BCUT2D eigenvalue weighted by molar-refractivity contribution is 7.90. The molecule has 0 bridgehead atoms. The monoisotopic (exact) mass is 458 g/mol.